The van der Waals surface area contributed by atoms with E-state index in [2.05, 4.69) is 15.9 Å². The largest absolute Gasteiger partial charge is 0.478 e. The van der Waals surface area contributed by atoms with Crippen LogP contribution in [0, 0.1) is 0 Å². The molecule has 0 aromatic heterocycles. The van der Waals surface area contributed by atoms with E-state index in [1.165, 1.54) is 0 Å². The highest BCUT2D eigenvalue weighted by atomic mass is 79.9. The van der Waals surface area contributed by atoms with Crippen molar-refractivity contribution in [3.63, 3.8) is 0 Å². The molecule has 1 rings (SSSR count). The van der Waals surface area contributed by atoms with Crippen LogP contribution in [0.2, 0.25) is 0 Å². The molecule has 1 N–H and O–H groups in total. The lowest BCUT2D eigenvalue weighted by Crippen LogP contribution is -2.15. The molecule has 2 nitrogen and oxygen atoms in total. The van der Waals surface area contributed by atoms with Gasteiger partial charge in [0.05, 0.1) is 11.1 Å². The first-order valence-electron chi connectivity index (χ1n) is 4.82. The summed E-state index contributed by atoms with van der Waals surface area (Å²) >= 11 is 2.52. The quantitative estimate of drug-likeness (QED) is 0.617. The summed E-state index contributed by atoms with van der Waals surface area (Å²) in [4.78, 5) is 10.3. The van der Waals surface area contributed by atoms with Crippen molar-refractivity contribution in [2.75, 3.05) is 0 Å². The van der Waals surface area contributed by atoms with Gasteiger partial charge in [-0.05, 0) is 18.2 Å². The fourth-order valence-corrected chi connectivity index (χ4v) is 2.03. The van der Waals surface area contributed by atoms with E-state index in [1.54, 1.807) is 0 Å². The molecule has 0 aliphatic carbocycles. The highest BCUT2D eigenvalue weighted by Gasteiger charge is 2.41. The van der Waals surface area contributed by atoms with Gasteiger partial charge in [-0.15, -0.1) is 0 Å². The number of alkyl halides is 6. The molecule has 0 saturated heterocycles. The standard InChI is InChI=1S/C11H5BrF6O2/c12-7-3-2-6(10(13,14)15)5(1-4-8(19)20)9(7)11(16,17)18/h1-4H,(H,19,20)/b4-1+. The maximum atomic E-state index is 12.8. The van der Waals surface area contributed by atoms with Crippen LogP contribution >= 0.6 is 15.9 Å². The van der Waals surface area contributed by atoms with E-state index in [-0.39, 0.29) is 12.2 Å². The molecule has 9 heteroatoms. The molecule has 0 aliphatic rings. The van der Waals surface area contributed by atoms with Crippen LogP contribution in [0.4, 0.5) is 26.3 Å². The molecular formula is C11H5BrF6O2. The third kappa shape index (κ3) is 3.75. The summed E-state index contributed by atoms with van der Waals surface area (Å²) in [5, 5.41) is 8.37. The summed E-state index contributed by atoms with van der Waals surface area (Å²) in [5.74, 6) is -1.66. The highest BCUT2D eigenvalue weighted by Crippen LogP contribution is 2.43. The van der Waals surface area contributed by atoms with Gasteiger partial charge in [-0.1, -0.05) is 15.9 Å². The van der Waals surface area contributed by atoms with Crippen LogP contribution in [-0.4, -0.2) is 11.1 Å². The topological polar surface area (TPSA) is 37.3 Å². The molecule has 0 spiro atoms. The van der Waals surface area contributed by atoms with Gasteiger partial charge < -0.3 is 5.11 Å². The van der Waals surface area contributed by atoms with Gasteiger partial charge in [0.1, 0.15) is 0 Å². The van der Waals surface area contributed by atoms with Gasteiger partial charge >= 0.3 is 18.3 Å². The van der Waals surface area contributed by atoms with Gasteiger partial charge in [-0.2, -0.15) is 26.3 Å². The van der Waals surface area contributed by atoms with Crippen molar-refractivity contribution in [3.8, 4) is 0 Å². The predicted molar refractivity (Wildman–Crippen MR) is 60.8 cm³/mol. The molecule has 0 saturated carbocycles. The Morgan fingerprint density at radius 1 is 1.10 bits per heavy atom. The molecule has 0 unspecified atom stereocenters. The van der Waals surface area contributed by atoms with Crippen LogP contribution in [0.15, 0.2) is 22.7 Å². The van der Waals surface area contributed by atoms with Crippen LogP contribution < -0.4 is 0 Å². The minimum absolute atomic E-state index is 0.215. The molecule has 0 fully saturated rings. The third-order valence-corrected chi connectivity index (χ3v) is 2.84. The fourth-order valence-electron chi connectivity index (χ4n) is 1.46. The van der Waals surface area contributed by atoms with Crippen LogP contribution in [0.25, 0.3) is 6.08 Å². The number of carboxylic acid groups (broad SMARTS) is 1. The number of hydrogen-bond donors (Lipinski definition) is 1. The van der Waals surface area contributed by atoms with Crippen molar-refractivity contribution in [1.29, 1.82) is 0 Å². The van der Waals surface area contributed by atoms with E-state index in [4.69, 9.17) is 5.11 Å². The molecule has 0 atom stereocenters. The monoisotopic (exact) mass is 362 g/mol. The molecule has 1 aromatic rings. The molecular weight excluding hydrogens is 358 g/mol. The van der Waals surface area contributed by atoms with Crippen molar-refractivity contribution in [2.45, 2.75) is 12.4 Å². The van der Waals surface area contributed by atoms with Crippen LogP contribution in [0.5, 0.6) is 0 Å². The number of hydrogen-bond acceptors (Lipinski definition) is 1. The molecule has 0 amide bonds. The fraction of sp³-hybridized carbons (Fsp3) is 0.182. The number of carboxylic acids is 1. The normalized spacial score (nSPS) is 12.9. The number of aliphatic carboxylic acids is 1. The van der Waals surface area contributed by atoms with Gasteiger partial charge in [0, 0.05) is 16.1 Å². The number of benzene rings is 1. The van der Waals surface area contributed by atoms with Gasteiger partial charge in [0.15, 0.2) is 0 Å². The van der Waals surface area contributed by atoms with Crippen LogP contribution in [0.3, 0.4) is 0 Å². The average Bonchev–Trinajstić information content (AvgIpc) is 2.22. The lowest BCUT2D eigenvalue weighted by Gasteiger charge is -2.17. The SMILES string of the molecule is O=C(O)/C=C/c1c(C(F)(F)F)ccc(Br)c1C(F)(F)F. The van der Waals surface area contributed by atoms with E-state index >= 15 is 0 Å². The molecule has 0 radical (unpaired) electrons. The van der Waals surface area contributed by atoms with Gasteiger partial charge in [-0.25, -0.2) is 4.79 Å². The Kier molecular flexibility index (Phi) is 4.52. The zero-order valence-electron chi connectivity index (χ0n) is 9.31. The van der Waals surface area contributed by atoms with Gasteiger partial charge in [-0.3, -0.25) is 0 Å². The minimum atomic E-state index is -5.07. The Morgan fingerprint density at radius 2 is 1.65 bits per heavy atom. The highest BCUT2D eigenvalue weighted by molar-refractivity contribution is 9.10. The van der Waals surface area contributed by atoms with Crippen molar-refractivity contribution in [3.05, 3.63) is 39.4 Å². The Balaban J connectivity index is 3.69. The van der Waals surface area contributed by atoms with Crippen molar-refractivity contribution in [1.82, 2.24) is 0 Å². The molecule has 1 aromatic carbocycles. The summed E-state index contributed by atoms with van der Waals surface area (Å²) in [7, 11) is 0. The molecule has 20 heavy (non-hydrogen) atoms. The zero-order valence-corrected chi connectivity index (χ0v) is 10.9. The van der Waals surface area contributed by atoms with Gasteiger partial charge in [0.2, 0.25) is 0 Å². The Morgan fingerprint density at radius 3 is 2.05 bits per heavy atom. The van der Waals surface area contributed by atoms with Crippen LogP contribution in [0.1, 0.15) is 16.7 Å². The van der Waals surface area contributed by atoms with Crippen LogP contribution in [-0.2, 0) is 17.1 Å². The maximum Gasteiger partial charge on any atom is 0.418 e. The van der Waals surface area contributed by atoms with E-state index in [9.17, 15) is 31.1 Å². The Hall–Kier alpha value is -1.51. The number of rotatable bonds is 2. The first kappa shape index (κ1) is 16.5. The van der Waals surface area contributed by atoms with E-state index in [0.29, 0.717) is 12.1 Å². The predicted octanol–water partition coefficient (Wildman–Crippen LogP) is 4.58. The average molecular weight is 363 g/mol. The second-order valence-corrected chi connectivity index (χ2v) is 4.41. The smallest absolute Gasteiger partial charge is 0.418 e. The summed E-state index contributed by atoms with van der Waals surface area (Å²) in [6, 6.07) is 1.06. The lowest BCUT2D eigenvalue weighted by atomic mass is 9.99. The zero-order chi connectivity index (χ0) is 15.7. The maximum absolute atomic E-state index is 12.8. The third-order valence-electron chi connectivity index (χ3n) is 2.18. The van der Waals surface area contributed by atoms with E-state index in [0.717, 1.165) is 0 Å². The first-order chi connectivity index (χ1) is 8.94. The van der Waals surface area contributed by atoms with Gasteiger partial charge in [0.25, 0.3) is 0 Å². The van der Waals surface area contributed by atoms with E-state index in [1.807, 2.05) is 0 Å². The molecule has 110 valence electrons. The van der Waals surface area contributed by atoms with Crippen molar-refractivity contribution >= 4 is 28.0 Å². The lowest BCUT2D eigenvalue weighted by molar-refractivity contribution is -0.143. The Bertz CT molecular complexity index is 559. The minimum Gasteiger partial charge on any atom is -0.478 e. The summed E-state index contributed by atoms with van der Waals surface area (Å²) in [6.45, 7) is 0. The summed E-state index contributed by atoms with van der Waals surface area (Å²) in [5.41, 5.74) is -4.39. The number of halogens is 7. The van der Waals surface area contributed by atoms with Crippen molar-refractivity contribution < 1.29 is 36.2 Å². The van der Waals surface area contributed by atoms with E-state index < -0.39 is 39.5 Å². The Labute approximate surface area is 116 Å². The molecule has 0 aliphatic heterocycles. The summed E-state index contributed by atoms with van der Waals surface area (Å²) < 4.78 is 76.0. The molecule has 0 bridgehead atoms. The second kappa shape index (κ2) is 5.47. The first-order valence-corrected chi connectivity index (χ1v) is 5.61. The molecule has 0 heterocycles. The number of carbonyl (C=O) groups is 1. The summed E-state index contributed by atoms with van der Waals surface area (Å²) in [6.07, 6.45) is -9.62. The van der Waals surface area contributed by atoms with Crippen molar-refractivity contribution in [2.24, 2.45) is 0 Å². The second-order valence-electron chi connectivity index (χ2n) is 3.55.